The first-order valence-corrected chi connectivity index (χ1v) is 8.33. The van der Waals surface area contributed by atoms with E-state index in [1.165, 1.54) is 0 Å². The molecule has 0 atom stereocenters. The Hall–Kier alpha value is -1.23. The summed E-state index contributed by atoms with van der Waals surface area (Å²) in [4.78, 5) is 0. The van der Waals surface area contributed by atoms with E-state index < -0.39 is 10.0 Å². The molecule has 0 heterocycles. The van der Waals surface area contributed by atoms with Gasteiger partial charge in [-0.1, -0.05) is 19.3 Å². The molecule has 1 aromatic carbocycles. The normalized spacial score (nSPS) is 17.4. The second kappa shape index (κ2) is 5.41. The minimum atomic E-state index is -3.28. The van der Waals surface area contributed by atoms with E-state index in [9.17, 15) is 8.42 Å². The van der Waals surface area contributed by atoms with Crippen LogP contribution in [0.15, 0.2) is 12.1 Å². The second-order valence-electron chi connectivity index (χ2n) is 5.43. The van der Waals surface area contributed by atoms with Crippen LogP contribution in [0.4, 0.5) is 11.4 Å². The third-order valence-corrected chi connectivity index (χ3v) is 5.71. The second-order valence-corrected chi connectivity index (χ2v) is 7.39. The smallest absolute Gasteiger partial charge is 0.235 e. The van der Waals surface area contributed by atoms with Gasteiger partial charge in [-0.15, -0.1) is 0 Å². The Morgan fingerprint density at radius 2 is 1.74 bits per heavy atom. The van der Waals surface area contributed by atoms with Crippen LogP contribution in [0.2, 0.25) is 0 Å². The summed E-state index contributed by atoms with van der Waals surface area (Å²) in [6.45, 7) is 3.75. The first kappa shape index (κ1) is 14.2. The summed E-state index contributed by atoms with van der Waals surface area (Å²) in [5, 5.41) is -0.251. The van der Waals surface area contributed by atoms with Gasteiger partial charge in [-0.05, 0) is 49.9 Å². The fraction of sp³-hybridized carbons (Fsp3) is 0.571. The van der Waals surface area contributed by atoms with Crippen molar-refractivity contribution >= 4 is 21.4 Å². The van der Waals surface area contributed by atoms with Crippen molar-refractivity contribution in [2.45, 2.75) is 51.2 Å². The molecule has 5 heteroatoms. The zero-order valence-electron chi connectivity index (χ0n) is 11.6. The van der Waals surface area contributed by atoms with E-state index in [1.54, 1.807) is 0 Å². The molecule has 1 aliphatic rings. The van der Waals surface area contributed by atoms with Crippen molar-refractivity contribution in [1.82, 2.24) is 0 Å². The van der Waals surface area contributed by atoms with Gasteiger partial charge in [0.05, 0.1) is 10.9 Å². The van der Waals surface area contributed by atoms with Gasteiger partial charge in [0, 0.05) is 5.69 Å². The third kappa shape index (κ3) is 3.21. The summed E-state index contributed by atoms with van der Waals surface area (Å²) < 4.78 is 27.5. The van der Waals surface area contributed by atoms with Crippen molar-refractivity contribution in [3.63, 3.8) is 0 Å². The number of nitrogens with one attached hydrogen (secondary N) is 1. The molecule has 0 amide bonds. The molecule has 0 bridgehead atoms. The number of anilines is 2. The predicted octanol–water partition coefficient (Wildman–Crippen LogP) is 2.96. The molecular formula is C14H22N2O2S. The Morgan fingerprint density at radius 1 is 1.11 bits per heavy atom. The summed E-state index contributed by atoms with van der Waals surface area (Å²) >= 11 is 0. The van der Waals surface area contributed by atoms with Gasteiger partial charge in [0.25, 0.3) is 0 Å². The van der Waals surface area contributed by atoms with Crippen molar-refractivity contribution in [3.05, 3.63) is 23.3 Å². The Morgan fingerprint density at radius 3 is 2.37 bits per heavy atom. The Kier molecular flexibility index (Phi) is 4.04. The van der Waals surface area contributed by atoms with E-state index in [2.05, 4.69) is 4.72 Å². The fourth-order valence-corrected chi connectivity index (χ4v) is 4.21. The number of benzene rings is 1. The standard InChI is InChI=1S/C14H22N2O2S/c1-10-9-14(11(2)8-13(10)15)16-19(17,18)12-6-4-3-5-7-12/h8-9,12,16H,3-7,15H2,1-2H3. The molecule has 0 radical (unpaired) electrons. The van der Waals surface area contributed by atoms with Gasteiger partial charge in [0.15, 0.2) is 0 Å². The van der Waals surface area contributed by atoms with E-state index >= 15 is 0 Å². The molecule has 0 spiro atoms. The van der Waals surface area contributed by atoms with Crippen LogP contribution in [0.5, 0.6) is 0 Å². The maximum absolute atomic E-state index is 12.4. The quantitative estimate of drug-likeness (QED) is 0.837. The zero-order valence-corrected chi connectivity index (χ0v) is 12.4. The highest BCUT2D eigenvalue weighted by atomic mass is 32.2. The van der Waals surface area contributed by atoms with Crippen LogP contribution in [0.3, 0.4) is 0 Å². The van der Waals surface area contributed by atoms with Crippen LogP contribution in [0.1, 0.15) is 43.2 Å². The van der Waals surface area contributed by atoms with Gasteiger partial charge in [-0.3, -0.25) is 4.72 Å². The SMILES string of the molecule is Cc1cc(NS(=O)(=O)C2CCCCC2)c(C)cc1N. The number of nitrogens with two attached hydrogens (primary N) is 1. The summed E-state index contributed by atoms with van der Waals surface area (Å²) in [6, 6.07) is 3.62. The van der Waals surface area contributed by atoms with Crippen LogP contribution >= 0.6 is 0 Å². The Balaban J connectivity index is 2.22. The highest BCUT2D eigenvalue weighted by Gasteiger charge is 2.27. The summed E-state index contributed by atoms with van der Waals surface area (Å²) in [5.74, 6) is 0. The maximum atomic E-state index is 12.4. The van der Waals surface area contributed by atoms with Gasteiger partial charge in [-0.2, -0.15) is 0 Å². The minimum Gasteiger partial charge on any atom is -0.399 e. The molecule has 2 rings (SSSR count). The van der Waals surface area contributed by atoms with E-state index in [0.29, 0.717) is 11.4 Å². The number of aryl methyl sites for hydroxylation is 2. The van der Waals surface area contributed by atoms with Crippen molar-refractivity contribution in [3.8, 4) is 0 Å². The minimum absolute atomic E-state index is 0.251. The number of hydrogen-bond acceptors (Lipinski definition) is 3. The third-order valence-electron chi connectivity index (χ3n) is 3.86. The highest BCUT2D eigenvalue weighted by Crippen LogP contribution is 2.28. The topological polar surface area (TPSA) is 72.2 Å². The van der Waals surface area contributed by atoms with Crippen molar-refractivity contribution in [1.29, 1.82) is 0 Å². The van der Waals surface area contributed by atoms with E-state index in [4.69, 9.17) is 5.73 Å². The molecule has 0 saturated heterocycles. The van der Waals surface area contributed by atoms with Crippen LogP contribution in [-0.4, -0.2) is 13.7 Å². The van der Waals surface area contributed by atoms with Crippen molar-refractivity contribution < 1.29 is 8.42 Å². The molecule has 106 valence electrons. The highest BCUT2D eigenvalue weighted by molar-refractivity contribution is 7.93. The fourth-order valence-electron chi connectivity index (χ4n) is 2.56. The van der Waals surface area contributed by atoms with Gasteiger partial charge in [0.2, 0.25) is 10.0 Å². The molecule has 0 unspecified atom stereocenters. The molecule has 1 aromatic rings. The number of nitrogen functional groups attached to an aromatic ring is 1. The van der Waals surface area contributed by atoms with Crippen LogP contribution in [0, 0.1) is 13.8 Å². The monoisotopic (exact) mass is 282 g/mol. The summed E-state index contributed by atoms with van der Waals surface area (Å²) in [6.07, 6.45) is 4.69. The van der Waals surface area contributed by atoms with E-state index in [1.807, 2.05) is 26.0 Å². The van der Waals surface area contributed by atoms with Crippen molar-refractivity contribution in [2.24, 2.45) is 0 Å². The molecule has 1 saturated carbocycles. The van der Waals surface area contributed by atoms with Gasteiger partial charge in [0.1, 0.15) is 0 Å². The zero-order chi connectivity index (χ0) is 14.0. The molecule has 0 aliphatic heterocycles. The summed E-state index contributed by atoms with van der Waals surface area (Å²) in [5.41, 5.74) is 8.92. The first-order chi connectivity index (χ1) is 8.90. The largest absolute Gasteiger partial charge is 0.399 e. The molecule has 4 nitrogen and oxygen atoms in total. The Labute approximate surface area is 115 Å². The lowest BCUT2D eigenvalue weighted by atomic mass is 10.0. The van der Waals surface area contributed by atoms with E-state index in [-0.39, 0.29) is 5.25 Å². The van der Waals surface area contributed by atoms with Crippen LogP contribution < -0.4 is 10.5 Å². The van der Waals surface area contributed by atoms with Gasteiger partial charge in [-0.25, -0.2) is 8.42 Å². The molecular weight excluding hydrogens is 260 g/mol. The lowest BCUT2D eigenvalue weighted by Gasteiger charge is -2.23. The van der Waals surface area contributed by atoms with Gasteiger partial charge < -0.3 is 5.73 Å². The predicted molar refractivity (Wildman–Crippen MR) is 79.7 cm³/mol. The average molecular weight is 282 g/mol. The van der Waals surface area contributed by atoms with Crippen LogP contribution in [0.25, 0.3) is 0 Å². The van der Waals surface area contributed by atoms with Crippen LogP contribution in [-0.2, 0) is 10.0 Å². The number of hydrogen-bond donors (Lipinski definition) is 2. The van der Waals surface area contributed by atoms with Gasteiger partial charge >= 0.3 is 0 Å². The van der Waals surface area contributed by atoms with Crippen molar-refractivity contribution in [2.75, 3.05) is 10.5 Å². The summed E-state index contributed by atoms with van der Waals surface area (Å²) in [7, 11) is -3.28. The lowest BCUT2D eigenvalue weighted by molar-refractivity contribution is 0.486. The molecule has 1 fully saturated rings. The maximum Gasteiger partial charge on any atom is 0.235 e. The lowest BCUT2D eigenvalue weighted by Crippen LogP contribution is -2.30. The molecule has 0 aromatic heterocycles. The molecule has 19 heavy (non-hydrogen) atoms. The molecule has 3 N–H and O–H groups in total. The number of rotatable bonds is 3. The number of sulfonamides is 1. The average Bonchev–Trinajstić information content (AvgIpc) is 2.37. The van der Waals surface area contributed by atoms with E-state index in [0.717, 1.165) is 43.2 Å². The first-order valence-electron chi connectivity index (χ1n) is 6.78. The Bertz CT molecular complexity index is 561. The molecule has 1 aliphatic carbocycles.